The van der Waals surface area contributed by atoms with Gasteiger partial charge in [0, 0.05) is 37.8 Å². The maximum absolute atomic E-state index is 12.8. The second kappa shape index (κ2) is 7.50. The van der Waals surface area contributed by atoms with E-state index in [1.807, 2.05) is 19.1 Å². The summed E-state index contributed by atoms with van der Waals surface area (Å²) in [6, 6.07) is 4.82. The molecule has 0 bridgehead atoms. The molecule has 150 valence electrons. The molecule has 9 nitrogen and oxygen atoms in total. The molecular weight excluding hydrogens is 374 g/mol. The van der Waals surface area contributed by atoms with E-state index >= 15 is 0 Å². The van der Waals surface area contributed by atoms with Crippen molar-refractivity contribution in [2.24, 2.45) is 0 Å². The number of hydrogen-bond acceptors (Lipinski definition) is 5. The van der Waals surface area contributed by atoms with Crippen molar-refractivity contribution in [1.29, 1.82) is 0 Å². The highest BCUT2D eigenvalue weighted by molar-refractivity contribution is 6.05. The summed E-state index contributed by atoms with van der Waals surface area (Å²) in [5.74, 6) is -1.20. The van der Waals surface area contributed by atoms with Crippen LogP contribution in [0.25, 0.3) is 0 Å². The molecule has 4 rings (SSSR count). The number of piperidine rings is 1. The van der Waals surface area contributed by atoms with Crippen LogP contribution in [-0.2, 0) is 29.2 Å². The van der Waals surface area contributed by atoms with E-state index < -0.39 is 11.9 Å². The van der Waals surface area contributed by atoms with Gasteiger partial charge in [-0.1, -0.05) is 12.1 Å². The van der Waals surface area contributed by atoms with E-state index in [2.05, 4.69) is 15.7 Å². The predicted molar refractivity (Wildman–Crippen MR) is 102 cm³/mol. The molecule has 2 aromatic rings. The van der Waals surface area contributed by atoms with Crippen LogP contribution in [0.1, 0.15) is 51.6 Å². The third-order valence-electron chi connectivity index (χ3n) is 5.27. The molecule has 0 aliphatic carbocycles. The topological polar surface area (TPSA) is 113 Å². The number of nitrogens with one attached hydrogen (secondary N) is 2. The van der Waals surface area contributed by atoms with Gasteiger partial charge in [0.05, 0.1) is 11.8 Å². The first-order chi connectivity index (χ1) is 14.0. The molecule has 1 fully saturated rings. The number of benzene rings is 1. The smallest absolute Gasteiger partial charge is 0.255 e. The Bertz CT molecular complexity index is 1010. The predicted octanol–water partition coefficient (Wildman–Crippen LogP) is 0.594. The van der Waals surface area contributed by atoms with Gasteiger partial charge in [-0.05, 0) is 30.5 Å². The van der Waals surface area contributed by atoms with Gasteiger partial charge in [-0.3, -0.25) is 29.2 Å². The summed E-state index contributed by atoms with van der Waals surface area (Å²) >= 11 is 0. The number of hydrogen-bond donors (Lipinski definition) is 2. The molecule has 2 N–H and O–H groups in total. The summed E-state index contributed by atoms with van der Waals surface area (Å²) in [5.41, 5.74) is 2.63. The molecule has 4 amide bonds. The van der Waals surface area contributed by atoms with Gasteiger partial charge >= 0.3 is 0 Å². The van der Waals surface area contributed by atoms with Crippen LogP contribution in [0.4, 0.5) is 0 Å². The van der Waals surface area contributed by atoms with Crippen molar-refractivity contribution in [2.75, 3.05) is 0 Å². The molecule has 3 heterocycles. The van der Waals surface area contributed by atoms with E-state index in [-0.39, 0.29) is 30.7 Å². The number of nitrogens with zero attached hydrogens (tertiary/aromatic N) is 3. The van der Waals surface area contributed by atoms with Crippen molar-refractivity contribution in [2.45, 2.75) is 45.4 Å². The van der Waals surface area contributed by atoms with Gasteiger partial charge in [-0.2, -0.15) is 5.10 Å². The van der Waals surface area contributed by atoms with Crippen molar-refractivity contribution in [3.63, 3.8) is 0 Å². The maximum Gasteiger partial charge on any atom is 0.255 e. The average Bonchev–Trinajstić information content (AvgIpc) is 3.31. The Morgan fingerprint density at radius 3 is 2.86 bits per heavy atom. The van der Waals surface area contributed by atoms with Gasteiger partial charge in [0.2, 0.25) is 11.8 Å². The van der Waals surface area contributed by atoms with Crippen molar-refractivity contribution >= 4 is 23.6 Å². The van der Waals surface area contributed by atoms with Crippen LogP contribution in [-0.4, -0.2) is 44.4 Å². The van der Waals surface area contributed by atoms with E-state index in [4.69, 9.17) is 0 Å². The summed E-state index contributed by atoms with van der Waals surface area (Å²) in [4.78, 5) is 50.1. The molecule has 9 heteroatoms. The van der Waals surface area contributed by atoms with Crippen molar-refractivity contribution in [3.05, 3.63) is 52.8 Å². The van der Waals surface area contributed by atoms with Crippen molar-refractivity contribution < 1.29 is 19.2 Å². The van der Waals surface area contributed by atoms with Gasteiger partial charge in [-0.25, -0.2) is 0 Å². The van der Waals surface area contributed by atoms with Crippen LogP contribution in [0.15, 0.2) is 30.6 Å². The number of amides is 4. The Morgan fingerprint density at radius 2 is 2.14 bits per heavy atom. The van der Waals surface area contributed by atoms with Crippen molar-refractivity contribution in [3.8, 4) is 0 Å². The Kier molecular flexibility index (Phi) is 4.87. The Hall–Kier alpha value is -3.49. The van der Waals surface area contributed by atoms with Crippen LogP contribution in [0.5, 0.6) is 0 Å². The van der Waals surface area contributed by atoms with E-state index in [0.717, 1.165) is 11.1 Å². The highest BCUT2D eigenvalue weighted by Crippen LogP contribution is 2.28. The molecule has 1 aromatic heterocycles. The van der Waals surface area contributed by atoms with Gasteiger partial charge in [0.25, 0.3) is 11.8 Å². The van der Waals surface area contributed by atoms with Crippen LogP contribution in [0, 0.1) is 0 Å². The number of aryl methyl sites for hydroxylation is 1. The van der Waals surface area contributed by atoms with Crippen LogP contribution >= 0.6 is 0 Å². The quantitative estimate of drug-likeness (QED) is 0.720. The van der Waals surface area contributed by atoms with Crippen LogP contribution in [0.2, 0.25) is 0 Å². The number of carbonyl (C=O) groups is 4. The van der Waals surface area contributed by atoms with E-state index in [0.29, 0.717) is 30.6 Å². The first-order valence-electron chi connectivity index (χ1n) is 9.53. The minimum atomic E-state index is -0.633. The molecule has 0 saturated carbocycles. The van der Waals surface area contributed by atoms with E-state index in [1.54, 1.807) is 16.9 Å². The normalized spacial score (nSPS) is 18.6. The molecule has 0 radical (unpaired) electrons. The fraction of sp³-hybridized carbons (Fsp3) is 0.350. The summed E-state index contributed by atoms with van der Waals surface area (Å²) in [7, 11) is 0. The van der Waals surface area contributed by atoms with Crippen LogP contribution < -0.4 is 10.6 Å². The monoisotopic (exact) mass is 395 g/mol. The summed E-state index contributed by atoms with van der Waals surface area (Å²) in [5, 5.41) is 9.20. The Balaban J connectivity index is 1.43. The molecule has 2 aliphatic heterocycles. The summed E-state index contributed by atoms with van der Waals surface area (Å²) in [6.07, 6.45) is 3.75. The maximum atomic E-state index is 12.8. The molecule has 1 saturated heterocycles. The second-order valence-electron chi connectivity index (χ2n) is 7.16. The SMILES string of the molecule is CCn1cc(C(=O)NCc2ccc3c(c2)C(=O)N(C2CCC(=O)NC2=O)C3)cn1. The van der Waals surface area contributed by atoms with E-state index in [9.17, 15) is 19.2 Å². The number of carbonyl (C=O) groups excluding carboxylic acids is 4. The molecule has 29 heavy (non-hydrogen) atoms. The molecule has 2 aliphatic rings. The third kappa shape index (κ3) is 3.63. The molecule has 0 spiro atoms. The minimum Gasteiger partial charge on any atom is -0.348 e. The van der Waals surface area contributed by atoms with E-state index in [1.165, 1.54) is 11.1 Å². The Labute approximate surface area is 167 Å². The zero-order valence-corrected chi connectivity index (χ0v) is 16.0. The van der Waals surface area contributed by atoms with Gasteiger partial charge in [0.1, 0.15) is 6.04 Å². The standard InChI is InChI=1S/C20H21N5O4/c1-2-24-10-14(9-22-24)18(27)21-8-12-3-4-13-11-25(20(29)15(13)7-12)16-5-6-17(26)23-19(16)28/h3-4,7,9-10,16H,2,5-6,8,11H2,1H3,(H,21,27)(H,23,26,28). The van der Waals surface area contributed by atoms with Crippen LogP contribution in [0.3, 0.4) is 0 Å². The van der Waals surface area contributed by atoms with Gasteiger partial charge in [0.15, 0.2) is 0 Å². The lowest BCUT2D eigenvalue weighted by molar-refractivity contribution is -0.136. The second-order valence-corrected chi connectivity index (χ2v) is 7.16. The lowest BCUT2D eigenvalue weighted by Crippen LogP contribution is -2.52. The highest BCUT2D eigenvalue weighted by Gasteiger charge is 2.39. The van der Waals surface area contributed by atoms with Gasteiger partial charge < -0.3 is 10.2 Å². The lowest BCUT2D eigenvalue weighted by atomic mass is 10.0. The minimum absolute atomic E-state index is 0.225. The lowest BCUT2D eigenvalue weighted by Gasteiger charge is -2.29. The average molecular weight is 395 g/mol. The number of imide groups is 1. The largest absolute Gasteiger partial charge is 0.348 e. The third-order valence-corrected chi connectivity index (χ3v) is 5.27. The summed E-state index contributed by atoms with van der Waals surface area (Å²) < 4.78 is 1.67. The highest BCUT2D eigenvalue weighted by atomic mass is 16.2. The zero-order chi connectivity index (χ0) is 20.5. The number of rotatable bonds is 5. The molecule has 1 atom stereocenters. The first-order valence-corrected chi connectivity index (χ1v) is 9.53. The Morgan fingerprint density at radius 1 is 1.31 bits per heavy atom. The number of fused-ring (bicyclic) bond motifs is 1. The van der Waals surface area contributed by atoms with Crippen molar-refractivity contribution in [1.82, 2.24) is 25.3 Å². The first kappa shape index (κ1) is 18.9. The molecule has 1 aromatic carbocycles. The van der Waals surface area contributed by atoms with Gasteiger partial charge in [-0.15, -0.1) is 0 Å². The zero-order valence-electron chi connectivity index (χ0n) is 16.0. The number of aromatic nitrogens is 2. The fourth-order valence-corrected chi connectivity index (χ4v) is 3.65. The molecule has 1 unspecified atom stereocenters. The summed E-state index contributed by atoms with van der Waals surface area (Å²) in [6.45, 7) is 3.23. The fourth-order valence-electron chi connectivity index (χ4n) is 3.65. The molecular formula is C20H21N5O4.